The van der Waals surface area contributed by atoms with E-state index in [2.05, 4.69) is 90.8 Å². The molecule has 0 fully saturated rings. The first-order valence-corrected chi connectivity index (χ1v) is 16.6. The van der Waals surface area contributed by atoms with Crippen LogP contribution < -0.4 is 15.3 Å². The fraction of sp³-hybridized carbons (Fsp3) is 0.0571. The van der Waals surface area contributed by atoms with Crippen LogP contribution in [-0.2, 0) is 0 Å². The van der Waals surface area contributed by atoms with Crippen LogP contribution in [0, 0.1) is 0 Å². The predicted molar refractivity (Wildman–Crippen MR) is 168 cm³/mol. The molecule has 0 saturated heterocycles. The zero-order valence-corrected chi connectivity index (χ0v) is 23.5. The fourth-order valence-corrected chi connectivity index (χ4v) is 8.63. The third-order valence-corrected chi connectivity index (χ3v) is 11.3. The Bertz CT molecular complexity index is 1710. The minimum absolute atomic E-state index is 0.659. The Morgan fingerprint density at radius 2 is 0.800 bits per heavy atom. The quantitative estimate of drug-likeness (QED) is 0.221. The van der Waals surface area contributed by atoms with Crippen molar-refractivity contribution < 1.29 is 0 Å². The van der Waals surface area contributed by atoms with Crippen molar-refractivity contribution in [3.63, 3.8) is 0 Å². The number of hydrogen-bond donors (Lipinski definition) is 0. The summed E-state index contributed by atoms with van der Waals surface area (Å²) < 4.78 is 0. The van der Waals surface area contributed by atoms with Gasteiger partial charge in [-0.3, -0.25) is 0 Å². The maximum atomic E-state index is 4.90. The number of rotatable bonds is 4. The average molecular weight is 533 g/mol. The summed E-state index contributed by atoms with van der Waals surface area (Å²) in [5.74, 6) is 1.99. The molecule has 0 aliphatic carbocycles. The maximum absolute atomic E-state index is 4.90. The van der Waals surface area contributed by atoms with Crippen molar-refractivity contribution in [3.8, 4) is 34.2 Å². The molecule has 0 spiro atoms. The van der Waals surface area contributed by atoms with Gasteiger partial charge in [0, 0.05) is 33.8 Å². The molecule has 0 radical (unpaired) electrons. The predicted octanol–water partition coefficient (Wildman–Crippen LogP) is 7.48. The van der Waals surface area contributed by atoms with Crippen LogP contribution in [0.1, 0.15) is 0 Å². The standard InChI is InChI=1S/C35H28N4Si/c1-40(2)31-19-11-9-17-29(31)39(30-18-10-12-20-32(30)40)28-23-21-27(22-24-28)35-37-33(25-13-5-3-6-14-25)36-34(38-35)26-15-7-4-8-16-26/h3-24H,1-2H3. The van der Waals surface area contributed by atoms with Crippen molar-refractivity contribution in [3.05, 3.63) is 133 Å². The van der Waals surface area contributed by atoms with Crippen molar-refractivity contribution in [2.75, 3.05) is 4.90 Å². The van der Waals surface area contributed by atoms with Gasteiger partial charge in [-0.25, -0.2) is 15.0 Å². The maximum Gasteiger partial charge on any atom is 0.164 e. The van der Waals surface area contributed by atoms with Crippen LogP contribution in [-0.4, -0.2) is 23.0 Å². The molecule has 7 rings (SSSR count). The van der Waals surface area contributed by atoms with Crippen molar-refractivity contribution >= 4 is 35.5 Å². The number of aromatic nitrogens is 3. The van der Waals surface area contributed by atoms with Gasteiger partial charge in [0.2, 0.25) is 0 Å². The van der Waals surface area contributed by atoms with E-state index in [-0.39, 0.29) is 0 Å². The summed E-state index contributed by atoms with van der Waals surface area (Å²) >= 11 is 0. The van der Waals surface area contributed by atoms with E-state index in [1.54, 1.807) is 0 Å². The number of para-hydroxylation sites is 2. The van der Waals surface area contributed by atoms with Crippen molar-refractivity contribution in [2.45, 2.75) is 13.1 Å². The highest BCUT2D eigenvalue weighted by molar-refractivity contribution is 7.02. The van der Waals surface area contributed by atoms with Gasteiger partial charge in [0.25, 0.3) is 0 Å². The van der Waals surface area contributed by atoms with E-state index in [9.17, 15) is 0 Å². The summed E-state index contributed by atoms with van der Waals surface area (Å²) in [6.45, 7) is 4.89. The molecule has 5 heteroatoms. The van der Waals surface area contributed by atoms with Crippen LogP contribution in [0.5, 0.6) is 0 Å². The molecular formula is C35H28N4Si. The molecule has 0 atom stereocenters. The molecule has 0 amide bonds. The van der Waals surface area contributed by atoms with Gasteiger partial charge in [-0.15, -0.1) is 0 Å². The van der Waals surface area contributed by atoms with E-state index in [0.29, 0.717) is 17.5 Å². The molecule has 40 heavy (non-hydrogen) atoms. The van der Waals surface area contributed by atoms with Crippen molar-refractivity contribution in [1.82, 2.24) is 15.0 Å². The second-order valence-corrected chi connectivity index (χ2v) is 14.9. The number of hydrogen-bond acceptors (Lipinski definition) is 4. The highest BCUT2D eigenvalue weighted by atomic mass is 28.3. The van der Waals surface area contributed by atoms with E-state index in [1.165, 1.54) is 21.7 Å². The van der Waals surface area contributed by atoms with Gasteiger partial charge >= 0.3 is 0 Å². The van der Waals surface area contributed by atoms with Crippen LogP contribution >= 0.6 is 0 Å². The molecule has 1 aromatic heterocycles. The molecule has 0 N–H and O–H groups in total. The topological polar surface area (TPSA) is 41.9 Å². The molecule has 0 saturated carbocycles. The minimum atomic E-state index is -1.82. The number of fused-ring (bicyclic) bond motifs is 2. The van der Waals surface area contributed by atoms with Gasteiger partial charge in [0.15, 0.2) is 17.5 Å². The summed E-state index contributed by atoms with van der Waals surface area (Å²) in [7, 11) is -1.82. The summed E-state index contributed by atoms with van der Waals surface area (Å²) in [6.07, 6.45) is 0. The Balaban J connectivity index is 1.34. The van der Waals surface area contributed by atoms with Crippen molar-refractivity contribution in [1.29, 1.82) is 0 Å². The Labute approximate surface area is 235 Å². The highest BCUT2D eigenvalue weighted by Crippen LogP contribution is 2.38. The molecule has 1 aliphatic heterocycles. The monoisotopic (exact) mass is 532 g/mol. The van der Waals surface area contributed by atoms with Gasteiger partial charge in [0.05, 0.1) is 0 Å². The molecule has 4 nitrogen and oxygen atoms in total. The fourth-order valence-electron chi connectivity index (χ4n) is 5.64. The molecule has 2 heterocycles. The lowest BCUT2D eigenvalue weighted by atomic mass is 10.1. The summed E-state index contributed by atoms with van der Waals surface area (Å²) in [4.78, 5) is 17.0. The third kappa shape index (κ3) is 4.12. The van der Waals surface area contributed by atoms with Crippen LogP contribution in [0.2, 0.25) is 13.1 Å². The van der Waals surface area contributed by atoms with Gasteiger partial charge < -0.3 is 4.90 Å². The van der Waals surface area contributed by atoms with E-state index < -0.39 is 8.07 Å². The SMILES string of the molecule is C[Si]1(C)c2ccccc2N(c2ccc(-c3nc(-c4ccccc4)nc(-c4ccccc4)n3)cc2)c2ccccc21. The lowest BCUT2D eigenvalue weighted by molar-refractivity contribution is 1.07. The largest absolute Gasteiger partial charge is 0.311 e. The molecule has 192 valence electrons. The first-order chi connectivity index (χ1) is 19.6. The molecule has 6 aromatic rings. The van der Waals surface area contributed by atoms with Crippen LogP contribution in [0.3, 0.4) is 0 Å². The second kappa shape index (κ2) is 9.70. The summed E-state index contributed by atoms with van der Waals surface area (Å²) in [6, 6.07) is 46.5. The zero-order chi connectivity index (χ0) is 27.1. The van der Waals surface area contributed by atoms with Crippen LogP contribution in [0.25, 0.3) is 34.2 Å². The van der Waals surface area contributed by atoms with Gasteiger partial charge in [-0.05, 0) is 46.8 Å². The number of anilines is 3. The third-order valence-electron chi connectivity index (χ3n) is 7.72. The number of benzene rings is 5. The van der Waals surface area contributed by atoms with E-state index in [0.717, 1.165) is 22.4 Å². The molecule has 1 aliphatic rings. The van der Waals surface area contributed by atoms with Gasteiger partial charge in [-0.1, -0.05) is 110 Å². The number of nitrogens with zero attached hydrogens (tertiary/aromatic N) is 4. The second-order valence-electron chi connectivity index (χ2n) is 10.6. The summed E-state index contributed by atoms with van der Waals surface area (Å²) in [5, 5.41) is 2.91. The minimum Gasteiger partial charge on any atom is -0.311 e. The Kier molecular flexibility index (Phi) is 5.87. The zero-order valence-electron chi connectivity index (χ0n) is 22.5. The Hall–Kier alpha value is -4.87. The van der Waals surface area contributed by atoms with E-state index in [1.807, 2.05) is 60.7 Å². The first kappa shape index (κ1) is 24.2. The van der Waals surface area contributed by atoms with E-state index in [4.69, 9.17) is 15.0 Å². The lowest BCUT2D eigenvalue weighted by Gasteiger charge is -2.41. The Morgan fingerprint density at radius 1 is 0.425 bits per heavy atom. The molecule has 5 aromatic carbocycles. The Morgan fingerprint density at radius 3 is 1.25 bits per heavy atom. The summed E-state index contributed by atoms with van der Waals surface area (Å²) in [5.41, 5.74) is 6.54. The molecule has 0 unspecified atom stereocenters. The van der Waals surface area contributed by atoms with Crippen LogP contribution in [0.15, 0.2) is 133 Å². The van der Waals surface area contributed by atoms with Gasteiger partial charge in [-0.2, -0.15) is 0 Å². The van der Waals surface area contributed by atoms with Crippen LogP contribution in [0.4, 0.5) is 17.1 Å². The normalized spacial score (nSPS) is 13.4. The smallest absolute Gasteiger partial charge is 0.164 e. The van der Waals surface area contributed by atoms with Crippen molar-refractivity contribution in [2.24, 2.45) is 0 Å². The molecule has 0 bridgehead atoms. The highest BCUT2D eigenvalue weighted by Gasteiger charge is 2.38. The average Bonchev–Trinajstić information content (AvgIpc) is 3.02. The van der Waals surface area contributed by atoms with E-state index >= 15 is 0 Å². The lowest BCUT2D eigenvalue weighted by Crippen LogP contribution is -2.58. The molecular weight excluding hydrogens is 504 g/mol. The van der Waals surface area contributed by atoms with Gasteiger partial charge in [0.1, 0.15) is 8.07 Å². The first-order valence-electron chi connectivity index (χ1n) is 13.6.